The van der Waals surface area contributed by atoms with E-state index in [-0.39, 0.29) is 23.9 Å². The molecule has 0 aromatic rings. The van der Waals surface area contributed by atoms with Crippen molar-refractivity contribution in [2.45, 2.75) is 37.8 Å². The Balaban J connectivity index is 2.02. The average molecular weight is 211 g/mol. The number of hydrogen-bond acceptors (Lipinski definition) is 3. The summed E-state index contributed by atoms with van der Waals surface area (Å²) in [5.74, 6) is -0.326. The lowest BCUT2D eigenvalue weighted by atomic mass is 10.1. The molecule has 2 atom stereocenters. The second kappa shape index (κ2) is 4.18. The summed E-state index contributed by atoms with van der Waals surface area (Å²) in [6.45, 7) is 1.57. The molecule has 2 saturated heterocycles. The second-order valence-electron chi connectivity index (χ2n) is 4.24. The number of hydrogen-bond donors (Lipinski definition) is 2. The van der Waals surface area contributed by atoms with Gasteiger partial charge < -0.3 is 16.0 Å². The molecule has 0 bridgehead atoms. The fourth-order valence-electron chi connectivity index (χ4n) is 2.42. The highest BCUT2D eigenvalue weighted by atomic mass is 16.2. The SMILES string of the molecule is NC(=O)[C@@H]1CCCN1C(=O)[C@@H]1CCCN1. The maximum Gasteiger partial charge on any atom is 0.240 e. The van der Waals surface area contributed by atoms with Gasteiger partial charge in [0.25, 0.3) is 0 Å². The molecular weight excluding hydrogens is 194 g/mol. The molecule has 0 saturated carbocycles. The van der Waals surface area contributed by atoms with E-state index >= 15 is 0 Å². The van der Waals surface area contributed by atoms with Crippen molar-refractivity contribution in [2.75, 3.05) is 13.1 Å². The topological polar surface area (TPSA) is 75.4 Å². The number of nitrogens with two attached hydrogens (primary N) is 1. The normalized spacial score (nSPS) is 30.8. The maximum atomic E-state index is 12.0. The van der Waals surface area contributed by atoms with E-state index < -0.39 is 0 Å². The molecule has 84 valence electrons. The van der Waals surface area contributed by atoms with E-state index in [4.69, 9.17) is 5.73 Å². The van der Waals surface area contributed by atoms with Crippen LogP contribution in [0.15, 0.2) is 0 Å². The first-order valence-electron chi connectivity index (χ1n) is 5.53. The van der Waals surface area contributed by atoms with E-state index in [1.165, 1.54) is 0 Å². The average Bonchev–Trinajstić information content (AvgIpc) is 2.88. The van der Waals surface area contributed by atoms with Gasteiger partial charge in [-0.05, 0) is 32.2 Å². The van der Waals surface area contributed by atoms with Crippen LogP contribution in [0.3, 0.4) is 0 Å². The number of nitrogens with zero attached hydrogens (tertiary/aromatic N) is 1. The zero-order valence-corrected chi connectivity index (χ0v) is 8.74. The quantitative estimate of drug-likeness (QED) is 0.629. The van der Waals surface area contributed by atoms with Crippen molar-refractivity contribution in [3.63, 3.8) is 0 Å². The maximum absolute atomic E-state index is 12.0. The Labute approximate surface area is 89.0 Å². The summed E-state index contributed by atoms with van der Waals surface area (Å²) in [6.07, 6.45) is 3.51. The van der Waals surface area contributed by atoms with E-state index in [1.807, 2.05) is 0 Å². The van der Waals surface area contributed by atoms with Crippen LogP contribution < -0.4 is 11.1 Å². The van der Waals surface area contributed by atoms with Gasteiger partial charge in [0.05, 0.1) is 6.04 Å². The molecule has 2 heterocycles. The molecule has 5 nitrogen and oxygen atoms in total. The summed E-state index contributed by atoms with van der Waals surface area (Å²) in [6, 6.07) is -0.468. The Hall–Kier alpha value is -1.10. The van der Waals surface area contributed by atoms with Crippen molar-refractivity contribution in [2.24, 2.45) is 5.73 Å². The Kier molecular flexibility index (Phi) is 2.90. The molecule has 0 aromatic heterocycles. The van der Waals surface area contributed by atoms with Crippen molar-refractivity contribution in [3.8, 4) is 0 Å². The zero-order valence-electron chi connectivity index (χ0n) is 8.74. The van der Waals surface area contributed by atoms with E-state index in [2.05, 4.69) is 5.32 Å². The Morgan fingerprint density at radius 1 is 1.27 bits per heavy atom. The Morgan fingerprint density at radius 2 is 2.07 bits per heavy atom. The van der Waals surface area contributed by atoms with Gasteiger partial charge in [0, 0.05) is 6.54 Å². The number of likely N-dealkylation sites (tertiary alicyclic amines) is 1. The lowest BCUT2D eigenvalue weighted by molar-refractivity contribution is -0.138. The van der Waals surface area contributed by atoms with Crippen LogP contribution >= 0.6 is 0 Å². The van der Waals surface area contributed by atoms with Gasteiger partial charge in [0.1, 0.15) is 6.04 Å². The number of rotatable bonds is 2. The molecule has 15 heavy (non-hydrogen) atoms. The molecule has 0 unspecified atom stereocenters. The second-order valence-corrected chi connectivity index (χ2v) is 4.24. The Bertz CT molecular complexity index is 274. The smallest absolute Gasteiger partial charge is 0.240 e. The van der Waals surface area contributed by atoms with Gasteiger partial charge >= 0.3 is 0 Å². The van der Waals surface area contributed by atoms with Crippen molar-refractivity contribution >= 4 is 11.8 Å². The first-order valence-corrected chi connectivity index (χ1v) is 5.53. The number of carbonyl (C=O) groups excluding carboxylic acids is 2. The third-order valence-electron chi connectivity index (χ3n) is 3.22. The number of amides is 2. The largest absolute Gasteiger partial charge is 0.368 e. The molecule has 0 spiro atoms. The summed E-state index contributed by atoms with van der Waals surface area (Å²) in [4.78, 5) is 24.8. The van der Waals surface area contributed by atoms with Crippen molar-refractivity contribution in [3.05, 3.63) is 0 Å². The highest BCUT2D eigenvalue weighted by Crippen LogP contribution is 2.20. The molecule has 0 radical (unpaired) electrons. The molecule has 0 aliphatic carbocycles. The van der Waals surface area contributed by atoms with Gasteiger partial charge in [-0.2, -0.15) is 0 Å². The predicted molar refractivity (Wildman–Crippen MR) is 55.0 cm³/mol. The van der Waals surface area contributed by atoms with Gasteiger partial charge in [-0.25, -0.2) is 0 Å². The lowest BCUT2D eigenvalue weighted by Crippen LogP contribution is -2.49. The predicted octanol–water partition coefficient (Wildman–Crippen LogP) is -0.785. The summed E-state index contributed by atoms with van der Waals surface area (Å²) >= 11 is 0. The zero-order chi connectivity index (χ0) is 10.8. The summed E-state index contributed by atoms with van der Waals surface area (Å²) in [7, 11) is 0. The van der Waals surface area contributed by atoms with Gasteiger partial charge in [-0.15, -0.1) is 0 Å². The van der Waals surface area contributed by atoms with Gasteiger partial charge in [-0.3, -0.25) is 9.59 Å². The van der Waals surface area contributed by atoms with Crippen molar-refractivity contribution < 1.29 is 9.59 Å². The minimum Gasteiger partial charge on any atom is -0.368 e. The molecule has 2 rings (SSSR count). The first kappa shape index (κ1) is 10.4. The molecule has 2 aliphatic rings. The molecule has 0 aromatic carbocycles. The fourth-order valence-corrected chi connectivity index (χ4v) is 2.42. The van der Waals surface area contributed by atoms with Gasteiger partial charge in [-0.1, -0.05) is 0 Å². The Morgan fingerprint density at radius 3 is 2.67 bits per heavy atom. The summed E-state index contributed by atoms with van der Waals surface area (Å²) in [5.41, 5.74) is 5.27. The standard InChI is InChI=1S/C10H17N3O2/c11-9(14)8-4-2-6-13(8)10(15)7-3-1-5-12-7/h7-8,12H,1-6H2,(H2,11,14)/t7-,8-/m0/s1. The first-order chi connectivity index (χ1) is 7.20. The third kappa shape index (κ3) is 1.97. The molecule has 5 heteroatoms. The van der Waals surface area contributed by atoms with Crippen LogP contribution in [0.5, 0.6) is 0 Å². The van der Waals surface area contributed by atoms with Crippen LogP contribution in [0.2, 0.25) is 0 Å². The summed E-state index contributed by atoms with van der Waals surface area (Å²) < 4.78 is 0. The third-order valence-corrected chi connectivity index (χ3v) is 3.22. The van der Waals surface area contributed by atoms with Crippen LogP contribution in [0.25, 0.3) is 0 Å². The molecule has 3 N–H and O–H groups in total. The van der Waals surface area contributed by atoms with Crippen LogP contribution in [-0.4, -0.2) is 41.9 Å². The van der Waals surface area contributed by atoms with Crippen molar-refractivity contribution in [1.29, 1.82) is 0 Å². The molecule has 2 fully saturated rings. The van der Waals surface area contributed by atoms with Gasteiger partial charge in [0.2, 0.25) is 11.8 Å². The number of carbonyl (C=O) groups is 2. The fraction of sp³-hybridized carbons (Fsp3) is 0.800. The van der Waals surface area contributed by atoms with E-state index in [1.54, 1.807) is 4.90 Å². The lowest BCUT2D eigenvalue weighted by Gasteiger charge is -2.25. The van der Waals surface area contributed by atoms with E-state index in [9.17, 15) is 9.59 Å². The van der Waals surface area contributed by atoms with Crippen molar-refractivity contribution in [1.82, 2.24) is 10.2 Å². The van der Waals surface area contributed by atoms with Crippen LogP contribution in [0, 0.1) is 0 Å². The highest BCUT2D eigenvalue weighted by Gasteiger charge is 2.36. The van der Waals surface area contributed by atoms with E-state index in [0.29, 0.717) is 13.0 Å². The summed E-state index contributed by atoms with van der Waals surface area (Å²) in [5, 5.41) is 3.15. The molecule has 2 amide bonds. The monoisotopic (exact) mass is 211 g/mol. The van der Waals surface area contributed by atoms with Crippen LogP contribution in [0.4, 0.5) is 0 Å². The minimum atomic E-state index is -0.376. The number of nitrogens with one attached hydrogen (secondary N) is 1. The van der Waals surface area contributed by atoms with E-state index in [0.717, 1.165) is 25.8 Å². The van der Waals surface area contributed by atoms with Gasteiger partial charge in [0.15, 0.2) is 0 Å². The molecular formula is C10H17N3O2. The highest BCUT2D eigenvalue weighted by molar-refractivity contribution is 5.89. The minimum absolute atomic E-state index is 0.0498. The van der Waals surface area contributed by atoms with Crippen LogP contribution in [0.1, 0.15) is 25.7 Å². The number of primary amides is 1. The molecule has 2 aliphatic heterocycles. The van der Waals surface area contributed by atoms with Crippen LogP contribution in [-0.2, 0) is 9.59 Å².